The van der Waals surface area contributed by atoms with Crippen molar-refractivity contribution in [2.24, 2.45) is 0 Å². The van der Waals surface area contributed by atoms with E-state index in [1.807, 2.05) is 34.2 Å². The fraction of sp³-hybridized carbons (Fsp3) is 0.200. The van der Waals surface area contributed by atoms with Gasteiger partial charge in [0.05, 0.1) is 5.69 Å². The zero-order valence-electron chi connectivity index (χ0n) is 15.8. The van der Waals surface area contributed by atoms with Crippen LogP contribution in [0.1, 0.15) is 17.6 Å². The van der Waals surface area contributed by atoms with Crippen LogP contribution in [0.3, 0.4) is 0 Å². The molecule has 3 aromatic heterocycles. The Kier molecular flexibility index (Phi) is 5.01. The highest BCUT2D eigenvalue weighted by Gasteiger charge is 2.28. The van der Waals surface area contributed by atoms with E-state index >= 15 is 0 Å². The molecule has 0 radical (unpaired) electrons. The molecule has 1 aliphatic heterocycles. The van der Waals surface area contributed by atoms with Crippen LogP contribution in [0.15, 0.2) is 64.5 Å². The molecular formula is C20H17N5O3S2. The topological polar surface area (TPSA) is 83.5 Å². The molecule has 5 rings (SSSR count). The molecule has 1 aromatic carbocycles. The zero-order chi connectivity index (χ0) is 20.5. The summed E-state index contributed by atoms with van der Waals surface area (Å²) in [7, 11) is 0. The summed E-state index contributed by atoms with van der Waals surface area (Å²) in [6.07, 6.45) is 3.15. The lowest BCUT2D eigenvalue weighted by molar-refractivity contribution is 0.0821. The molecule has 0 saturated heterocycles. The van der Waals surface area contributed by atoms with Crippen LogP contribution >= 0.6 is 23.1 Å². The van der Waals surface area contributed by atoms with Gasteiger partial charge < -0.3 is 9.47 Å². The van der Waals surface area contributed by atoms with Gasteiger partial charge in [0, 0.05) is 29.9 Å². The molecular weight excluding hydrogens is 422 g/mol. The maximum Gasteiger partial charge on any atom is 0.258 e. The molecule has 1 aliphatic rings. The fourth-order valence-electron chi connectivity index (χ4n) is 3.19. The average molecular weight is 440 g/mol. The third-order valence-corrected chi connectivity index (χ3v) is 6.32. The lowest BCUT2D eigenvalue weighted by atomic mass is 10.2. The highest BCUT2D eigenvalue weighted by molar-refractivity contribution is 7.98. The smallest absolute Gasteiger partial charge is 0.258 e. The summed E-state index contributed by atoms with van der Waals surface area (Å²) in [5.41, 5.74) is 0.616. The van der Waals surface area contributed by atoms with Crippen molar-refractivity contribution in [2.45, 2.75) is 23.6 Å². The Bertz CT molecular complexity index is 1280. The number of hydrogen-bond acceptors (Lipinski definition) is 8. The second-order valence-corrected chi connectivity index (χ2v) is 8.35. The van der Waals surface area contributed by atoms with E-state index in [1.165, 1.54) is 27.5 Å². The first-order valence-corrected chi connectivity index (χ1v) is 11.1. The molecule has 152 valence electrons. The molecule has 0 bridgehead atoms. The minimum atomic E-state index is -0.369. The molecule has 0 amide bonds. The number of ether oxygens (including phenoxy) is 2. The van der Waals surface area contributed by atoms with E-state index in [0.29, 0.717) is 46.3 Å². The van der Waals surface area contributed by atoms with Gasteiger partial charge in [-0.25, -0.2) is 4.98 Å². The van der Waals surface area contributed by atoms with Gasteiger partial charge in [-0.1, -0.05) is 30.0 Å². The van der Waals surface area contributed by atoms with Crippen LogP contribution in [0.2, 0.25) is 0 Å². The summed E-state index contributed by atoms with van der Waals surface area (Å²) in [6.45, 7) is 4.73. The number of benzene rings is 1. The third kappa shape index (κ3) is 3.48. The monoisotopic (exact) mass is 439 g/mol. The van der Waals surface area contributed by atoms with E-state index in [0.717, 1.165) is 5.75 Å². The van der Waals surface area contributed by atoms with Crippen LogP contribution in [0.5, 0.6) is 11.5 Å². The van der Waals surface area contributed by atoms with Crippen LogP contribution in [-0.2, 0) is 12.3 Å². The third-order valence-electron chi connectivity index (χ3n) is 4.56. The Hall–Kier alpha value is -3.11. The summed E-state index contributed by atoms with van der Waals surface area (Å²) >= 11 is 2.90. The van der Waals surface area contributed by atoms with Crippen LogP contribution in [0.25, 0.3) is 4.96 Å². The van der Waals surface area contributed by atoms with E-state index in [-0.39, 0.29) is 11.7 Å². The van der Waals surface area contributed by atoms with Crippen molar-refractivity contribution >= 4 is 28.1 Å². The molecule has 0 fully saturated rings. The van der Waals surface area contributed by atoms with Crippen LogP contribution in [0, 0.1) is 0 Å². The molecule has 0 saturated carbocycles. The van der Waals surface area contributed by atoms with Gasteiger partial charge in [0.25, 0.3) is 5.56 Å². The maximum absolute atomic E-state index is 12.2. The largest absolute Gasteiger partial charge is 0.485 e. The van der Waals surface area contributed by atoms with Crippen LogP contribution < -0.4 is 15.0 Å². The standard InChI is InChI=1S/C20H17N5O3S2/c1-2-7-25-18(16-11-27-14-5-3-4-6-15(14)28-16)22-23-20(25)30-12-13-10-17(26)24-8-9-29-19(24)21-13/h2-6,8-10,16H,1,7,11-12H2. The van der Waals surface area contributed by atoms with Crippen LogP contribution in [0.4, 0.5) is 0 Å². The molecule has 1 unspecified atom stereocenters. The Balaban J connectivity index is 1.39. The first-order valence-electron chi connectivity index (χ1n) is 9.24. The van der Waals surface area contributed by atoms with Gasteiger partial charge in [0.1, 0.15) is 6.61 Å². The van der Waals surface area contributed by atoms with E-state index in [9.17, 15) is 4.79 Å². The first kappa shape index (κ1) is 18.9. The summed E-state index contributed by atoms with van der Waals surface area (Å²) < 4.78 is 15.4. The molecule has 0 N–H and O–H groups in total. The highest BCUT2D eigenvalue weighted by atomic mass is 32.2. The molecule has 30 heavy (non-hydrogen) atoms. The molecule has 4 aromatic rings. The number of para-hydroxylation sites is 2. The van der Waals surface area contributed by atoms with Gasteiger partial charge in [-0.05, 0) is 12.1 Å². The molecule has 4 heterocycles. The SMILES string of the molecule is C=CCn1c(SCc2cc(=O)n3ccsc3n2)nnc1C1COc2ccccc2O1. The van der Waals surface area contributed by atoms with Gasteiger partial charge >= 0.3 is 0 Å². The molecule has 1 atom stereocenters. The average Bonchev–Trinajstić information content (AvgIpc) is 3.40. The normalized spacial score (nSPS) is 15.4. The number of thioether (sulfide) groups is 1. The Morgan fingerprint density at radius 2 is 2.17 bits per heavy atom. The number of thiazole rings is 1. The van der Waals surface area contributed by atoms with Gasteiger partial charge in [-0.3, -0.25) is 13.8 Å². The fourth-order valence-corrected chi connectivity index (χ4v) is 4.78. The zero-order valence-corrected chi connectivity index (χ0v) is 17.4. The minimum Gasteiger partial charge on any atom is -0.485 e. The predicted molar refractivity (Wildman–Crippen MR) is 114 cm³/mol. The number of rotatable bonds is 6. The number of aromatic nitrogens is 5. The number of nitrogens with zero attached hydrogens (tertiary/aromatic N) is 5. The maximum atomic E-state index is 12.2. The Morgan fingerprint density at radius 1 is 1.30 bits per heavy atom. The molecule has 0 spiro atoms. The molecule has 0 aliphatic carbocycles. The Labute approximate surface area is 179 Å². The van der Waals surface area contributed by atoms with Gasteiger partial charge in [0.15, 0.2) is 33.5 Å². The Morgan fingerprint density at radius 3 is 3.03 bits per heavy atom. The van der Waals surface area contributed by atoms with E-state index in [4.69, 9.17) is 9.47 Å². The first-order chi connectivity index (χ1) is 14.7. The minimum absolute atomic E-state index is 0.0866. The number of allylic oxidation sites excluding steroid dienone is 1. The van der Waals surface area contributed by atoms with E-state index in [2.05, 4.69) is 21.8 Å². The van der Waals surface area contributed by atoms with Crippen molar-refractivity contribution in [1.29, 1.82) is 0 Å². The van der Waals surface area contributed by atoms with Crippen molar-refractivity contribution in [3.05, 3.63) is 76.4 Å². The van der Waals surface area contributed by atoms with Crippen molar-refractivity contribution in [1.82, 2.24) is 24.1 Å². The van der Waals surface area contributed by atoms with Gasteiger partial charge in [0.2, 0.25) is 0 Å². The summed E-state index contributed by atoms with van der Waals surface area (Å²) in [6, 6.07) is 9.11. The van der Waals surface area contributed by atoms with Crippen molar-refractivity contribution in [3.63, 3.8) is 0 Å². The van der Waals surface area contributed by atoms with E-state index in [1.54, 1.807) is 18.3 Å². The second kappa shape index (κ2) is 7.96. The van der Waals surface area contributed by atoms with E-state index < -0.39 is 0 Å². The summed E-state index contributed by atoms with van der Waals surface area (Å²) in [5.74, 6) is 2.59. The lowest BCUT2D eigenvalue weighted by Crippen LogP contribution is -2.25. The van der Waals surface area contributed by atoms with Gasteiger partial charge in [-0.15, -0.1) is 28.1 Å². The quantitative estimate of drug-likeness (QED) is 0.337. The number of hydrogen-bond donors (Lipinski definition) is 0. The predicted octanol–water partition coefficient (Wildman–Crippen LogP) is 3.34. The highest BCUT2D eigenvalue weighted by Crippen LogP contribution is 2.36. The lowest BCUT2D eigenvalue weighted by Gasteiger charge is -2.26. The molecule has 10 heteroatoms. The van der Waals surface area contributed by atoms with Gasteiger partial charge in [-0.2, -0.15) is 0 Å². The van der Waals surface area contributed by atoms with Crippen LogP contribution in [-0.4, -0.2) is 30.8 Å². The van der Waals surface area contributed by atoms with Crippen molar-refractivity contribution in [2.75, 3.05) is 6.61 Å². The summed E-state index contributed by atoms with van der Waals surface area (Å²) in [5, 5.41) is 11.3. The summed E-state index contributed by atoms with van der Waals surface area (Å²) in [4.78, 5) is 17.4. The second-order valence-electron chi connectivity index (χ2n) is 6.53. The van der Waals surface area contributed by atoms with Crippen molar-refractivity contribution < 1.29 is 9.47 Å². The van der Waals surface area contributed by atoms with Crippen molar-refractivity contribution in [3.8, 4) is 11.5 Å². The molecule has 8 nitrogen and oxygen atoms in total. The number of fused-ring (bicyclic) bond motifs is 2.